The molecule has 3 heteroatoms. The lowest BCUT2D eigenvalue weighted by molar-refractivity contribution is -0.130. The molecule has 0 fully saturated rings. The predicted octanol–water partition coefficient (Wildman–Crippen LogP) is 1.17. The molecule has 0 N–H and O–H groups in total. The molecule has 0 saturated heterocycles. The molecule has 0 heterocycles. The second-order valence-corrected chi connectivity index (χ2v) is 3.02. The van der Waals surface area contributed by atoms with Crippen LogP contribution in [-0.2, 0) is 4.79 Å². The van der Waals surface area contributed by atoms with E-state index in [4.69, 9.17) is 0 Å². The average Bonchev–Trinajstić information content (AvgIpc) is 1.87. The predicted molar refractivity (Wildman–Crippen MR) is 46.4 cm³/mol. The van der Waals surface area contributed by atoms with Crippen LogP contribution in [0.15, 0.2) is 0 Å². The van der Waals surface area contributed by atoms with Crippen LogP contribution in [-0.4, -0.2) is 29.6 Å². The van der Waals surface area contributed by atoms with Crippen LogP contribution in [0.4, 0.5) is 0 Å². The Kier molecular flexibility index (Phi) is 4.52. The molecule has 0 aromatic carbocycles. The third-order valence-corrected chi connectivity index (χ3v) is 1.72. The fourth-order valence-corrected chi connectivity index (χ4v) is 0.751. The molecular weight excluding hydrogens is 146 g/mol. The molecule has 0 aromatic rings. The third-order valence-electron chi connectivity index (χ3n) is 1.49. The van der Waals surface area contributed by atoms with Gasteiger partial charge in [-0.15, -0.1) is 0 Å². The quantitative estimate of drug-likeness (QED) is 0.616. The number of rotatable bonds is 3. The number of thiol groups is 1. The van der Waals surface area contributed by atoms with E-state index < -0.39 is 0 Å². The highest BCUT2D eigenvalue weighted by Gasteiger charge is 2.09. The van der Waals surface area contributed by atoms with E-state index in [2.05, 4.69) is 12.6 Å². The summed E-state index contributed by atoms with van der Waals surface area (Å²) in [6, 6.07) is 0.299. The molecule has 0 bridgehead atoms. The minimum atomic E-state index is 0.171. The Balaban J connectivity index is 3.71. The van der Waals surface area contributed by atoms with Crippen LogP contribution in [0.25, 0.3) is 0 Å². The molecule has 60 valence electrons. The van der Waals surface area contributed by atoms with Gasteiger partial charge in [0.1, 0.15) is 0 Å². The van der Waals surface area contributed by atoms with Crippen LogP contribution >= 0.6 is 12.6 Å². The van der Waals surface area contributed by atoms with E-state index in [1.165, 1.54) is 0 Å². The van der Waals surface area contributed by atoms with Crippen molar-refractivity contribution in [2.75, 3.05) is 12.8 Å². The van der Waals surface area contributed by atoms with Gasteiger partial charge in [0.2, 0.25) is 5.91 Å². The molecule has 1 amide bonds. The van der Waals surface area contributed by atoms with Crippen molar-refractivity contribution >= 4 is 18.5 Å². The minimum Gasteiger partial charge on any atom is -0.343 e. The lowest BCUT2D eigenvalue weighted by Gasteiger charge is -2.20. The Bertz CT molecular complexity index is 114. The van der Waals surface area contributed by atoms with Gasteiger partial charge < -0.3 is 4.90 Å². The molecular formula is C7H15NOS. The molecule has 0 rings (SSSR count). The van der Waals surface area contributed by atoms with Crippen molar-refractivity contribution in [3.05, 3.63) is 0 Å². The first kappa shape index (κ1) is 9.82. The number of hydrogen-bond acceptors (Lipinski definition) is 2. The Labute approximate surface area is 68.0 Å². The van der Waals surface area contributed by atoms with E-state index in [0.717, 1.165) is 0 Å². The molecule has 0 aliphatic carbocycles. The molecule has 2 nitrogen and oxygen atoms in total. The van der Waals surface area contributed by atoms with Crippen LogP contribution < -0.4 is 0 Å². The van der Waals surface area contributed by atoms with Crippen molar-refractivity contribution in [3.8, 4) is 0 Å². The summed E-state index contributed by atoms with van der Waals surface area (Å²) in [7, 11) is 1.82. The smallest absolute Gasteiger partial charge is 0.223 e. The lowest BCUT2D eigenvalue weighted by atomic mass is 10.3. The standard InChI is InChI=1S/C7H15NOS/c1-6(2)8(3)7(9)4-5-10/h6,10H,4-5H2,1-3H3. The highest BCUT2D eigenvalue weighted by Crippen LogP contribution is 1.97. The van der Waals surface area contributed by atoms with Crippen molar-refractivity contribution in [1.29, 1.82) is 0 Å². The fourth-order valence-electron chi connectivity index (χ4n) is 0.560. The van der Waals surface area contributed by atoms with E-state index in [0.29, 0.717) is 18.2 Å². The molecule has 0 aliphatic heterocycles. The van der Waals surface area contributed by atoms with Gasteiger partial charge in [0, 0.05) is 19.5 Å². The first-order valence-electron chi connectivity index (χ1n) is 3.46. The number of hydrogen-bond donors (Lipinski definition) is 1. The first-order chi connectivity index (χ1) is 4.59. The van der Waals surface area contributed by atoms with Gasteiger partial charge >= 0.3 is 0 Å². The Morgan fingerprint density at radius 1 is 1.60 bits per heavy atom. The molecule has 0 spiro atoms. The van der Waals surface area contributed by atoms with Crippen LogP contribution in [0, 0.1) is 0 Å². The van der Waals surface area contributed by atoms with Gasteiger partial charge in [0.15, 0.2) is 0 Å². The van der Waals surface area contributed by atoms with Gasteiger partial charge in [-0.25, -0.2) is 0 Å². The molecule has 0 atom stereocenters. The SMILES string of the molecule is CC(C)N(C)C(=O)CCS. The van der Waals surface area contributed by atoms with Gasteiger partial charge in [-0.05, 0) is 19.6 Å². The van der Waals surface area contributed by atoms with Crippen molar-refractivity contribution in [2.45, 2.75) is 26.3 Å². The summed E-state index contributed by atoms with van der Waals surface area (Å²) in [6.45, 7) is 3.99. The second kappa shape index (κ2) is 4.61. The number of nitrogens with zero attached hydrogens (tertiary/aromatic N) is 1. The molecule has 10 heavy (non-hydrogen) atoms. The van der Waals surface area contributed by atoms with Crippen molar-refractivity contribution < 1.29 is 4.79 Å². The number of carbonyl (C=O) groups excluding carboxylic acids is 1. The zero-order valence-electron chi connectivity index (χ0n) is 6.79. The molecule has 0 radical (unpaired) electrons. The topological polar surface area (TPSA) is 20.3 Å². The van der Waals surface area contributed by atoms with Gasteiger partial charge in [-0.1, -0.05) is 0 Å². The molecule has 0 unspecified atom stereocenters. The van der Waals surface area contributed by atoms with E-state index >= 15 is 0 Å². The molecule has 0 saturated carbocycles. The monoisotopic (exact) mass is 161 g/mol. The van der Waals surface area contributed by atoms with Crippen molar-refractivity contribution in [2.24, 2.45) is 0 Å². The maximum atomic E-state index is 11.1. The summed E-state index contributed by atoms with van der Waals surface area (Å²) >= 11 is 3.98. The van der Waals surface area contributed by atoms with Crippen molar-refractivity contribution in [3.63, 3.8) is 0 Å². The summed E-state index contributed by atoms with van der Waals surface area (Å²) in [5, 5.41) is 0. The van der Waals surface area contributed by atoms with Gasteiger partial charge in [0.25, 0.3) is 0 Å². The highest BCUT2D eigenvalue weighted by molar-refractivity contribution is 7.80. The Morgan fingerprint density at radius 3 is 2.40 bits per heavy atom. The zero-order chi connectivity index (χ0) is 8.15. The third kappa shape index (κ3) is 3.11. The number of carbonyl (C=O) groups is 1. The maximum Gasteiger partial charge on any atom is 0.223 e. The van der Waals surface area contributed by atoms with E-state index in [9.17, 15) is 4.79 Å². The minimum absolute atomic E-state index is 0.171. The zero-order valence-corrected chi connectivity index (χ0v) is 7.69. The van der Waals surface area contributed by atoms with E-state index in [1.54, 1.807) is 4.90 Å². The summed E-state index contributed by atoms with van der Waals surface area (Å²) in [6.07, 6.45) is 0.539. The Hall–Kier alpha value is -0.180. The van der Waals surface area contributed by atoms with Gasteiger partial charge in [-0.3, -0.25) is 4.79 Å². The summed E-state index contributed by atoms with van der Waals surface area (Å²) in [5.74, 6) is 0.806. The van der Waals surface area contributed by atoms with Crippen LogP contribution in [0.1, 0.15) is 20.3 Å². The highest BCUT2D eigenvalue weighted by atomic mass is 32.1. The maximum absolute atomic E-state index is 11.1. The largest absolute Gasteiger partial charge is 0.343 e. The fraction of sp³-hybridized carbons (Fsp3) is 0.857. The van der Waals surface area contributed by atoms with Gasteiger partial charge in [0.05, 0.1) is 0 Å². The first-order valence-corrected chi connectivity index (χ1v) is 4.09. The number of amides is 1. The second-order valence-electron chi connectivity index (χ2n) is 2.57. The van der Waals surface area contributed by atoms with Crippen LogP contribution in [0.3, 0.4) is 0 Å². The van der Waals surface area contributed by atoms with Crippen LogP contribution in [0.2, 0.25) is 0 Å². The van der Waals surface area contributed by atoms with Crippen molar-refractivity contribution in [1.82, 2.24) is 4.90 Å². The van der Waals surface area contributed by atoms with Gasteiger partial charge in [-0.2, -0.15) is 12.6 Å². The lowest BCUT2D eigenvalue weighted by Crippen LogP contribution is -2.32. The molecule has 0 aromatic heterocycles. The summed E-state index contributed by atoms with van der Waals surface area (Å²) < 4.78 is 0. The normalized spacial score (nSPS) is 10.1. The molecule has 0 aliphatic rings. The van der Waals surface area contributed by atoms with E-state index in [-0.39, 0.29) is 5.91 Å². The van der Waals surface area contributed by atoms with E-state index in [1.807, 2.05) is 20.9 Å². The average molecular weight is 161 g/mol. The Morgan fingerprint density at radius 2 is 2.10 bits per heavy atom. The van der Waals surface area contributed by atoms with Crippen LogP contribution in [0.5, 0.6) is 0 Å². The summed E-state index contributed by atoms with van der Waals surface area (Å²) in [4.78, 5) is 12.8. The summed E-state index contributed by atoms with van der Waals surface area (Å²) in [5.41, 5.74) is 0.